The lowest BCUT2D eigenvalue weighted by Gasteiger charge is -2.09. The van der Waals surface area contributed by atoms with Crippen molar-refractivity contribution in [2.45, 2.75) is 13.5 Å². The molecule has 5 nitrogen and oxygen atoms in total. The van der Waals surface area contributed by atoms with Gasteiger partial charge in [0.15, 0.2) is 0 Å². The maximum absolute atomic E-state index is 5.26. The van der Waals surface area contributed by atoms with E-state index in [1.54, 1.807) is 6.07 Å². The smallest absolute Gasteiger partial charge is 0.144 e. The van der Waals surface area contributed by atoms with E-state index >= 15 is 0 Å². The van der Waals surface area contributed by atoms with Crippen LogP contribution in [0.5, 0.6) is 0 Å². The molecule has 72 valence electrons. The first-order valence-corrected chi connectivity index (χ1v) is 4.07. The van der Waals surface area contributed by atoms with Crippen LogP contribution in [0.3, 0.4) is 0 Å². The molecule has 3 N–H and O–H groups in total. The number of nitrogens with one attached hydrogen (secondary N) is 1. The lowest BCUT2D eigenvalue weighted by Crippen LogP contribution is -2.16. The van der Waals surface area contributed by atoms with Gasteiger partial charge in [0.05, 0.1) is 6.54 Å². The predicted octanol–water partition coefficient (Wildman–Crippen LogP) is 0.132. The SMILES string of the molecule is Cc1cc(NN)nc(CN(C)C)n1. The van der Waals surface area contributed by atoms with Gasteiger partial charge in [0, 0.05) is 11.8 Å². The fourth-order valence-corrected chi connectivity index (χ4v) is 1.06. The molecule has 0 saturated heterocycles. The molecule has 0 aliphatic carbocycles. The van der Waals surface area contributed by atoms with Gasteiger partial charge in [-0.25, -0.2) is 15.8 Å². The van der Waals surface area contributed by atoms with E-state index in [2.05, 4.69) is 15.4 Å². The van der Waals surface area contributed by atoms with E-state index in [0.29, 0.717) is 5.82 Å². The van der Waals surface area contributed by atoms with Crippen LogP contribution in [0.1, 0.15) is 11.5 Å². The second-order valence-electron chi connectivity index (χ2n) is 3.19. The highest BCUT2D eigenvalue weighted by atomic mass is 15.3. The number of hydrogen-bond donors (Lipinski definition) is 2. The quantitative estimate of drug-likeness (QED) is 0.512. The molecular weight excluding hydrogens is 166 g/mol. The van der Waals surface area contributed by atoms with Crippen molar-refractivity contribution in [2.75, 3.05) is 19.5 Å². The molecule has 1 aromatic rings. The summed E-state index contributed by atoms with van der Waals surface area (Å²) in [5.74, 6) is 6.70. The Morgan fingerprint density at radius 3 is 2.69 bits per heavy atom. The highest BCUT2D eigenvalue weighted by Gasteiger charge is 2.01. The van der Waals surface area contributed by atoms with Crippen LogP contribution in [0.4, 0.5) is 5.82 Å². The minimum Gasteiger partial charge on any atom is -0.308 e. The maximum Gasteiger partial charge on any atom is 0.144 e. The summed E-state index contributed by atoms with van der Waals surface area (Å²) in [5.41, 5.74) is 3.43. The van der Waals surface area contributed by atoms with E-state index in [1.165, 1.54) is 0 Å². The van der Waals surface area contributed by atoms with Crippen molar-refractivity contribution in [2.24, 2.45) is 5.84 Å². The van der Waals surface area contributed by atoms with Gasteiger partial charge in [-0.2, -0.15) is 0 Å². The van der Waals surface area contributed by atoms with Crippen LogP contribution in [-0.4, -0.2) is 29.0 Å². The third kappa shape index (κ3) is 2.96. The Morgan fingerprint density at radius 2 is 2.15 bits per heavy atom. The first kappa shape index (κ1) is 9.88. The molecule has 0 aromatic carbocycles. The van der Waals surface area contributed by atoms with Crippen molar-refractivity contribution in [3.8, 4) is 0 Å². The number of nitrogens with two attached hydrogens (primary N) is 1. The molecule has 0 fully saturated rings. The summed E-state index contributed by atoms with van der Waals surface area (Å²) in [7, 11) is 3.95. The number of rotatable bonds is 3. The van der Waals surface area contributed by atoms with Crippen molar-refractivity contribution in [3.05, 3.63) is 17.6 Å². The van der Waals surface area contributed by atoms with Crippen LogP contribution in [0.2, 0.25) is 0 Å². The summed E-state index contributed by atoms with van der Waals surface area (Å²) in [5, 5.41) is 0. The summed E-state index contributed by atoms with van der Waals surface area (Å²) in [6.07, 6.45) is 0. The van der Waals surface area contributed by atoms with Gasteiger partial charge in [0.1, 0.15) is 11.6 Å². The van der Waals surface area contributed by atoms with E-state index in [-0.39, 0.29) is 0 Å². The first-order valence-electron chi connectivity index (χ1n) is 4.07. The molecule has 0 radical (unpaired) electrons. The van der Waals surface area contributed by atoms with E-state index in [0.717, 1.165) is 18.1 Å². The van der Waals surface area contributed by atoms with Crippen LogP contribution >= 0.6 is 0 Å². The van der Waals surface area contributed by atoms with Gasteiger partial charge in [-0.3, -0.25) is 0 Å². The Hall–Kier alpha value is -1.20. The van der Waals surface area contributed by atoms with Crippen LogP contribution < -0.4 is 11.3 Å². The zero-order valence-electron chi connectivity index (χ0n) is 8.20. The molecular formula is C8H15N5. The van der Waals surface area contributed by atoms with Gasteiger partial charge in [-0.05, 0) is 21.0 Å². The van der Waals surface area contributed by atoms with Crippen molar-refractivity contribution < 1.29 is 0 Å². The topological polar surface area (TPSA) is 67.1 Å². The van der Waals surface area contributed by atoms with Gasteiger partial charge in [-0.1, -0.05) is 0 Å². The van der Waals surface area contributed by atoms with Crippen LogP contribution in [0, 0.1) is 6.92 Å². The van der Waals surface area contributed by atoms with Crippen LogP contribution in [0.25, 0.3) is 0 Å². The molecule has 0 amide bonds. The molecule has 0 saturated carbocycles. The second kappa shape index (κ2) is 4.15. The number of aromatic nitrogens is 2. The predicted molar refractivity (Wildman–Crippen MR) is 52.0 cm³/mol. The molecule has 1 heterocycles. The van der Waals surface area contributed by atoms with Gasteiger partial charge in [-0.15, -0.1) is 0 Å². The van der Waals surface area contributed by atoms with E-state index < -0.39 is 0 Å². The fraction of sp³-hybridized carbons (Fsp3) is 0.500. The fourth-order valence-electron chi connectivity index (χ4n) is 1.06. The summed E-state index contributed by atoms with van der Waals surface area (Å²) >= 11 is 0. The molecule has 0 bridgehead atoms. The number of aryl methyl sites for hydroxylation is 1. The number of hydrazine groups is 1. The van der Waals surface area contributed by atoms with Gasteiger partial charge < -0.3 is 10.3 Å². The first-order chi connectivity index (χ1) is 6.11. The molecule has 5 heteroatoms. The molecule has 1 aromatic heterocycles. The molecule has 0 spiro atoms. The van der Waals surface area contributed by atoms with Crippen molar-refractivity contribution >= 4 is 5.82 Å². The highest BCUT2D eigenvalue weighted by Crippen LogP contribution is 2.05. The monoisotopic (exact) mass is 181 g/mol. The Balaban J connectivity index is 2.88. The summed E-state index contributed by atoms with van der Waals surface area (Å²) in [6, 6.07) is 1.80. The number of nitrogens with zero attached hydrogens (tertiary/aromatic N) is 3. The number of anilines is 1. The summed E-state index contributed by atoms with van der Waals surface area (Å²) < 4.78 is 0. The minimum absolute atomic E-state index is 0.657. The third-order valence-electron chi connectivity index (χ3n) is 1.51. The number of hydrogen-bond acceptors (Lipinski definition) is 5. The average Bonchev–Trinajstić information content (AvgIpc) is 2.01. The summed E-state index contributed by atoms with van der Waals surface area (Å²) in [6.45, 7) is 2.64. The average molecular weight is 181 g/mol. The van der Waals surface area contributed by atoms with Crippen LogP contribution in [0.15, 0.2) is 6.07 Å². The normalized spacial score (nSPS) is 10.5. The molecule has 13 heavy (non-hydrogen) atoms. The minimum atomic E-state index is 0.657. The Bertz CT molecular complexity index is 284. The van der Waals surface area contributed by atoms with E-state index in [1.807, 2.05) is 25.9 Å². The maximum atomic E-state index is 5.26. The van der Waals surface area contributed by atoms with Gasteiger partial charge >= 0.3 is 0 Å². The van der Waals surface area contributed by atoms with Crippen molar-refractivity contribution in [1.29, 1.82) is 0 Å². The zero-order chi connectivity index (χ0) is 9.84. The molecule has 0 aliphatic rings. The van der Waals surface area contributed by atoms with E-state index in [9.17, 15) is 0 Å². The largest absolute Gasteiger partial charge is 0.308 e. The standard InChI is InChI=1S/C8H15N5/c1-6-4-7(12-9)11-8(10-6)5-13(2)3/h4H,5,9H2,1-3H3,(H,10,11,12). The second-order valence-corrected chi connectivity index (χ2v) is 3.19. The molecule has 0 unspecified atom stereocenters. The van der Waals surface area contributed by atoms with Crippen LogP contribution in [-0.2, 0) is 6.54 Å². The Morgan fingerprint density at radius 1 is 1.46 bits per heavy atom. The zero-order valence-corrected chi connectivity index (χ0v) is 8.20. The van der Waals surface area contributed by atoms with Crippen molar-refractivity contribution in [3.63, 3.8) is 0 Å². The Labute approximate surface area is 78.0 Å². The van der Waals surface area contributed by atoms with Gasteiger partial charge in [0.25, 0.3) is 0 Å². The lowest BCUT2D eigenvalue weighted by atomic mass is 10.4. The molecule has 0 atom stereocenters. The van der Waals surface area contributed by atoms with Crippen molar-refractivity contribution in [1.82, 2.24) is 14.9 Å². The Kier molecular flexibility index (Phi) is 3.16. The highest BCUT2D eigenvalue weighted by molar-refractivity contribution is 5.33. The number of nitrogen functional groups attached to an aromatic ring is 1. The lowest BCUT2D eigenvalue weighted by molar-refractivity contribution is 0.390. The molecule has 0 aliphatic heterocycles. The van der Waals surface area contributed by atoms with Gasteiger partial charge in [0.2, 0.25) is 0 Å². The third-order valence-corrected chi connectivity index (χ3v) is 1.51. The van der Waals surface area contributed by atoms with E-state index in [4.69, 9.17) is 5.84 Å². The molecule has 1 rings (SSSR count). The summed E-state index contributed by atoms with van der Waals surface area (Å²) in [4.78, 5) is 10.5.